The number of benzene rings is 2. The zero-order valence-electron chi connectivity index (χ0n) is 18.6. The van der Waals surface area contributed by atoms with Crippen molar-refractivity contribution in [1.29, 1.82) is 0 Å². The van der Waals surface area contributed by atoms with Crippen LogP contribution in [0.5, 0.6) is 0 Å². The van der Waals surface area contributed by atoms with Gasteiger partial charge in [-0.15, -0.1) is 11.3 Å². The molecule has 34 heavy (non-hydrogen) atoms. The smallest absolute Gasteiger partial charge is 0.262 e. The summed E-state index contributed by atoms with van der Waals surface area (Å²) in [7, 11) is -3.48. The molecule has 1 unspecified atom stereocenters. The predicted octanol–water partition coefficient (Wildman–Crippen LogP) is 3.89. The van der Waals surface area contributed by atoms with E-state index in [0.29, 0.717) is 21.8 Å². The molecule has 0 radical (unpaired) electrons. The first-order chi connectivity index (χ1) is 16.2. The van der Waals surface area contributed by atoms with Gasteiger partial charge in [0.05, 0.1) is 16.8 Å². The van der Waals surface area contributed by atoms with Crippen LogP contribution in [0, 0.1) is 6.92 Å². The largest absolute Gasteiger partial charge is 0.361 e. The number of rotatable bonds is 8. The summed E-state index contributed by atoms with van der Waals surface area (Å²) in [4.78, 5) is 29.7. The molecule has 0 bridgehead atoms. The summed E-state index contributed by atoms with van der Waals surface area (Å²) in [6, 6.07) is 15.3. The van der Waals surface area contributed by atoms with E-state index < -0.39 is 22.0 Å². The van der Waals surface area contributed by atoms with Gasteiger partial charge in [0.1, 0.15) is 6.04 Å². The quantitative estimate of drug-likeness (QED) is 0.296. The highest BCUT2D eigenvalue weighted by Crippen LogP contribution is 2.23. The maximum Gasteiger partial charge on any atom is 0.262 e. The number of fused-ring (bicyclic) bond motifs is 1. The normalized spacial score (nSPS) is 12.3. The fourth-order valence-electron chi connectivity index (χ4n) is 3.61. The number of aromatic nitrogens is 1. The molecule has 8 nitrogen and oxygen atoms in total. The zero-order valence-corrected chi connectivity index (χ0v) is 20.2. The van der Waals surface area contributed by atoms with Gasteiger partial charge in [-0.3, -0.25) is 14.3 Å². The van der Waals surface area contributed by atoms with Crippen LogP contribution in [0.25, 0.3) is 10.9 Å². The van der Waals surface area contributed by atoms with Crippen molar-refractivity contribution >= 4 is 55.5 Å². The second-order valence-electron chi connectivity index (χ2n) is 7.96. The molecule has 0 saturated carbocycles. The molecule has 4 rings (SSSR count). The van der Waals surface area contributed by atoms with Gasteiger partial charge in [-0.25, -0.2) is 8.42 Å². The lowest BCUT2D eigenvalue weighted by Gasteiger charge is -2.19. The highest BCUT2D eigenvalue weighted by atomic mass is 32.2. The second kappa shape index (κ2) is 9.70. The lowest BCUT2D eigenvalue weighted by Crippen LogP contribution is -2.45. The topological polar surface area (TPSA) is 120 Å². The van der Waals surface area contributed by atoms with E-state index in [2.05, 4.69) is 20.3 Å². The Kier molecular flexibility index (Phi) is 6.71. The Morgan fingerprint density at radius 2 is 1.88 bits per heavy atom. The van der Waals surface area contributed by atoms with E-state index in [0.717, 1.165) is 22.7 Å². The maximum absolute atomic E-state index is 13.3. The Morgan fingerprint density at radius 3 is 2.62 bits per heavy atom. The van der Waals surface area contributed by atoms with Crippen LogP contribution in [0.1, 0.15) is 20.8 Å². The minimum Gasteiger partial charge on any atom is -0.361 e. The van der Waals surface area contributed by atoms with Gasteiger partial charge in [-0.1, -0.05) is 30.3 Å². The van der Waals surface area contributed by atoms with Crippen LogP contribution in [0.15, 0.2) is 66.2 Å². The second-order valence-corrected chi connectivity index (χ2v) is 10.7. The van der Waals surface area contributed by atoms with Crippen LogP contribution in [0.3, 0.4) is 0 Å². The van der Waals surface area contributed by atoms with Crippen molar-refractivity contribution in [3.8, 4) is 0 Å². The lowest BCUT2D eigenvalue weighted by atomic mass is 10.0. The Bertz CT molecular complexity index is 1440. The molecule has 4 N–H and O–H groups in total. The van der Waals surface area contributed by atoms with Crippen molar-refractivity contribution in [3.63, 3.8) is 0 Å². The minimum atomic E-state index is -3.48. The fourth-order valence-corrected chi connectivity index (χ4v) is 4.85. The third-order valence-corrected chi connectivity index (χ3v) is 6.73. The van der Waals surface area contributed by atoms with E-state index in [-0.39, 0.29) is 12.3 Å². The van der Waals surface area contributed by atoms with E-state index in [4.69, 9.17) is 0 Å². The zero-order chi connectivity index (χ0) is 24.3. The first-order valence-electron chi connectivity index (χ1n) is 10.5. The summed E-state index contributed by atoms with van der Waals surface area (Å²) < 4.78 is 25.8. The molecule has 0 aliphatic carbocycles. The highest BCUT2D eigenvalue weighted by molar-refractivity contribution is 7.92. The van der Waals surface area contributed by atoms with Crippen LogP contribution < -0.4 is 15.4 Å². The van der Waals surface area contributed by atoms with E-state index >= 15 is 0 Å². The first kappa shape index (κ1) is 23.5. The van der Waals surface area contributed by atoms with Gasteiger partial charge in [-0.05, 0) is 47.7 Å². The fraction of sp³-hybridized carbons (Fsp3) is 0.167. The van der Waals surface area contributed by atoms with Crippen molar-refractivity contribution < 1.29 is 18.0 Å². The molecule has 2 heterocycles. The number of anilines is 2. The summed E-state index contributed by atoms with van der Waals surface area (Å²) in [5.41, 5.74) is 3.33. The molecule has 4 aromatic rings. The summed E-state index contributed by atoms with van der Waals surface area (Å²) in [6.45, 7) is 1.76. The summed E-state index contributed by atoms with van der Waals surface area (Å²) in [5, 5.41) is 8.42. The number of hydrogen-bond acceptors (Lipinski definition) is 5. The van der Waals surface area contributed by atoms with Gasteiger partial charge in [0.2, 0.25) is 15.9 Å². The van der Waals surface area contributed by atoms with Gasteiger partial charge < -0.3 is 15.6 Å². The third kappa shape index (κ3) is 5.64. The standard InChI is InChI=1S/C24H24N4O4S2/c1-15-9-10-17(13-20(15)28-34(2,31)32)26-23(29)21(27-24(30)22-8-5-11-33-22)12-16-14-25-19-7-4-3-6-18(16)19/h3-11,13-14,21,25,28H,12H2,1-2H3,(H,26,29)(H,27,30). The lowest BCUT2D eigenvalue weighted by molar-refractivity contribution is -0.118. The SMILES string of the molecule is Cc1ccc(NC(=O)C(Cc2c[nH]c3ccccc23)NC(=O)c2cccs2)cc1NS(C)(=O)=O. The van der Waals surface area contributed by atoms with E-state index in [1.165, 1.54) is 11.3 Å². The molecule has 2 aromatic heterocycles. The highest BCUT2D eigenvalue weighted by Gasteiger charge is 2.24. The Balaban J connectivity index is 1.59. The number of carbonyl (C=O) groups excluding carboxylic acids is 2. The van der Waals surface area contributed by atoms with E-state index in [1.807, 2.05) is 30.5 Å². The van der Waals surface area contributed by atoms with Gasteiger partial charge in [0, 0.05) is 29.2 Å². The summed E-state index contributed by atoms with van der Waals surface area (Å²) in [5.74, 6) is -0.748. The van der Waals surface area contributed by atoms with E-state index in [9.17, 15) is 18.0 Å². The molecule has 0 aliphatic rings. The molecule has 0 spiro atoms. The minimum absolute atomic E-state index is 0.271. The van der Waals surface area contributed by atoms with E-state index in [1.54, 1.807) is 42.6 Å². The van der Waals surface area contributed by atoms with Crippen molar-refractivity contribution in [1.82, 2.24) is 10.3 Å². The average Bonchev–Trinajstić information content (AvgIpc) is 3.45. The monoisotopic (exact) mass is 496 g/mol. The van der Waals surface area contributed by atoms with Gasteiger partial charge in [0.25, 0.3) is 5.91 Å². The molecular weight excluding hydrogens is 472 g/mol. The summed E-state index contributed by atoms with van der Waals surface area (Å²) >= 11 is 1.29. The number of thiophene rings is 1. The molecule has 0 saturated heterocycles. The number of para-hydroxylation sites is 1. The molecule has 0 aliphatic heterocycles. The van der Waals surface area contributed by atoms with Crippen LogP contribution >= 0.6 is 11.3 Å². The molecular formula is C24H24N4O4S2. The van der Waals surface area contributed by atoms with Gasteiger partial charge in [-0.2, -0.15) is 0 Å². The molecule has 1 atom stereocenters. The number of aryl methyl sites for hydroxylation is 1. The van der Waals surface area contributed by atoms with Crippen molar-refractivity contribution in [2.24, 2.45) is 0 Å². The van der Waals surface area contributed by atoms with Crippen molar-refractivity contribution in [2.45, 2.75) is 19.4 Å². The number of aromatic amines is 1. The molecule has 176 valence electrons. The van der Waals surface area contributed by atoms with Crippen molar-refractivity contribution in [2.75, 3.05) is 16.3 Å². The Hall–Kier alpha value is -3.63. The first-order valence-corrected chi connectivity index (χ1v) is 13.3. The van der Waals surface area contributed by atoms with Crippen LogP contribution in [0.4, 0.5) is 11.4 Å². The van der Waals surface area contributed by atoms with Crippen LogP contribution in [0.2, 0.25) is 0 Å². The molecule has 2 amide bonds. The predicted molar refractivity (Wildman–Crippen MR) is 136 cm³/mol. The van der Waals surface area contributed by atoms with Crippen LogP contribution in [-0.2, 0) is 21.2 Å². The number of H-pyrrole nitrogens is 1. The molecule has 10 heteroatoms. The Labute approximate surface area is 201 Å². The number of amides is 2. The van der Waals surface area contributed by atoms with Gasteiger partial charge in [0.15, 0.2) is 0 Å². The molecule has 0 fully saturated rings. The summed E-state index contributed by atoms with van der Waals surface area (Å²) in [6.07, 6.45) is 3.17. The molecule has 2 aromatic carbocycles. The average molecular weight is 497 g/mol. The Morgan fingerprint density at radius 1 is 1.09 bits per heavy atom. The number of nitrogens with one attached hydrogen (secondary N) is 4. The van der Waals surface area contributed by atoms with Gasteiger partial charge >= 0.3 is 0 Å². The van der Waals surface area contributed by atoms with Crippen LogP contribution in [-0.4, -0.2) is 37.5 Å². The number of carbonyl (C=O) groups is 2. The number of hydrogen-bond donors (Lipinski definition) is 4. The third-order valence-electron chi connectivity index (χ3n) is 5.27. The van der Waals surface area contributed by atoms with Crippen molar-refractivity contribution in [3.05, 3.63) is 82.2 Å². The number of sulfonamides is 1. The maximum atomic E-state index is 13.3.